The number of aryl methyl sites for hydroxylation is 1. The van der Waals surface area contributed by atoms with Gasteiger partial charge in [0.1, 0.15) is 0 Å². The van der Waals surface area contributed by atoms with Crippen molar-refractivity contribution in [2.45, 2.75) is 33.0 Å². The summed E-state index contributed by atoms with van der Waals surface area (Å²) in [5.41, 5.74) is 3.76. The van der Waals surface area contributed by atoms with Crippen LogP contribution in [0.1, 0.15) is 12.5 Å². The van der Waals surface area contributed by atoms with E-state index >= 15 is 0 Å². The van der Waals surface area contributed by atoms with Crippen LogP contribution in [0.3, 0.4) is 0 Å². The zero-order valence-electron chi connectivity index (χ0n) is 11.7. The maximum Gasteiger partial charge on any atom is 0.0799 e. The third-order valence-electron chi connectivity index (χ3n) is 3.25. The van der Waals surface area contributed by atoms with E-state index in [1.165, 1.54) is 16.3 Å². The second-order valence-electron chi connectivity index (χ2n) is 5.70. The summed E-state index contributed by atoms with van der Waals surface area (Å²) >= 11 is 0. The van der Waals surface area contributed by atoms with E-state index in [-0.39, 0.29) is 0 Å². The Labute approximate surface area is 111 Å². The van der Waals surface area contributed by atoms with Crippen LogP contribution < -0.4 is 5.19 Å². The average Bonchev–Trinajstić information content (AvgIpc) is 2.38. The van der Waals surface area contributed by atoms with Crippen LogP contribution in [0.5, 0.6) is 0 Å². The molecule has 1 nitrogen and oxygen atoms in total. The zero-order valence-corrected chi connectivity index (χ0v) is 12.7. The summed E-state index contributed by atoms with van der Waals surface area (Å²) in [4.78, 5) is 4.66. The number of aromatic nitrogens is 1. The van der Waals surface area contributed by atoms with Crippen LogP contribution in [0.2, 0.25) is 19.6 Å². The molecule has 0 atom stereocenters. The van der Waals surface area contributed by atoms with Crippen LogP contribution >= 0.6 is 0 Å². The van der Waals surface area contributed by atoms with Crippen LogP contribution in [0.15, 0.2) is 42.6 Å². The van der Waals surface area contributed by atoms with Gasteiger partial charge in [0.05, 0.1) is 13.8 Å². The molecular formula is C16H21NSi. The summed E-state index contributed by atoms with van der Waals surface area (Å²) in [6, 6.07) is 12.7. The third-order valence-corrected chi connectivity index (χ3v) is 5.31. The van der Waals surface area contributed by atoms with Gasteiger partial charge in [-0.2, -0.15) is 0 Å². The van der Waals surface area contributed by atoms with Gasteiger partial charge in [-0.1, -0.05) is 56.9 Å². The molecule has 0 bridgehead atoms. The van der Waals surface area contributed by atoms with Gasteiger partial charge in [0.15, 0.2) is 0 Å². The molecule has 0 saturated carbocycles. The molecule has 0 unspecified atom stereocenters. The molecule has 0 aliphatic carbocycles. The molecule has 0 amide bonds. The maximum atomic E-state index is 4.66. The molecule has 2 heteroatoms. The van der Waals surface area contributed by atoms with Crippen molar-refractivity contribution < 1.29 is 0 Å². The normalized spacial score (nSPS) is 11.6. The van der Waals surface area contributed by atoms with Crippen molar-refractivity contribution in [2.24, 2.45) is 0 Å². The van der Waals surface area contributed by atoms with Gasteiger partial charge in [-0.25, -0.2) is 0 Å². The highest BCUT2D eigenvalue weighted by Crippen LogP contribution is 2.18. The second-order valence-corrected chi connectivity index (χ2v) is 10.7. The first-order chi connectivity index (χ1) is 8.52. The molecule has 0 aliphatic rings. The van der Waals surface area contributed by atoms with Gasteiger partial charge in [0.25, 0.3) is 0 Å². The quantitative estimate of drug-likeness (QED) is 0.759. The Balaban J connectivity index is 2.49. The fourth-order valence-corrected chi connectivity index (χ4v) is 3.90. The molecule has 0 aliphatic heterocycles. The predicted octanol–water partition coefficient (Wildman–Crippen LogP) is 3.86. The number of rotatable bonds is 3. The van der Waals surface area contributed by atoms with Gasteiger partial charge in [-0.15, -0.1) is 0 Å². The predicted molar refractivity (Wildman–Crippen MR) is 82.0 cm³/mol. The number of benzene rings is 1. The number of pyridine rings is 1. The third kappa shape index (κ3) is 2.70. The first-order valence-corrected chi connectivity index (χ1v) is 10.1. The Bertz CT molecular complexity index is 527. The monoisotopic (exact) mass is 255 g/mol. The van der Waals surface area contributed by atoms with Crippen molar-refractivity contribution >= 4 is 13.3 Å². The molecule has 94 valence electrons. The highest BCUT2D eigenvalue weighted by Gasteiger charge is 2.20. The van der Waals surface area contributed by atoms with E-state index in [1.807, 2.05) is 6.07 Å². The van der Waals surface area contributed by atoms with Gasteiger partial charge < -0.3 is 0 Å². The molecule has 0 radical (unpaired) electrons. The summed E-state index contributed by atoms with van der Waals surface area (Å²) in [6.45, 7) is 9.37. The summed E-state index contributed by atoms with van der Waals surface area (Å²) in [6.07, 6.45) is 3.19. The van der Waals surface area contributed by atoms with E-state index in [9.17, 15) is 0 Å². The van der Waals surface area contributed by atoms with Gasteiger partial charge >= 0.3 is 0 Å². The van der Waals surface area contributed by atoms with Crippen molar-refractivity contribution in [3.8, 4) is 11.3 Å². The fourth-order valence-electron chi connectivity index (χ4n) is 2.23. The minimum atomic E-state index is -1.29. The lowest BCUT2D eigenvalue weighted by molar-refractivity contribution is 1.13. The van der Waals surface area contributed by atoms with Gasteiger partial charge in [0.2, 0.25) is 0 Å². The maximum absolute atomic E-state index is 4.66. The highest BCUT2D eigenvalue weighted by atomic mass is 28.3. The molecule has 2 rings (SSSR count). The van der Waals surface area contributed by atoms with E-state index in [4.69, 9.17) is 0 Å². The van der Waals surface area contributed by atoms with E-state index in [0.29, 0.717) is 0 Å². The fraction of sp³-hybridized carbons (Fsp3) is 0.312. The summed E-state index contributed by atoms with van der Waals surface area (Å²) < 4.78 is 0. The molecule has 0 N–H and O–H groups in total. The van der Waals surface area contributed by atoms with Crippen LogP contribution in [-0.4, -0.2) is 13.1 Å². The van der Waals surface area contributed by atoms with Gasteiger partial charge in [-0.3, -0.25) is 4.98 Å². The van der Waals surface area contributed by atoms with Gasteiger partial charge in [0, 0.05) is 11.8 Å². The molecule has 1 aromatic carbocycles. The first-order valence-electron chi connectivity index (χ1n) is 6.57. The first kappa shape index (κ1) is 13.0. The number of hydrogen-bond donors (Lipinski definition) is 0. The van der Waals surface area contributed by atoms with Crippen LogP contribution in [0.25, 0.3) is 11.3 Å². The average molecular weight is 255 g/mol. The van der Waals surface area contributed by atoms with E-state index in [1.54, 1.807) is 0 Å². The smallest absolute Gasteiger partial charge is 0.0799 e. The minimum Gasteiger partial charge on any atom is -0.256 e. The van der Waals surface area contributed by atoms with Crippen LogP contribution in [0.4, 0.5) is 0 Å². The second kappa shape index (κ2) is 5.07. The standard InChI is InChI=1S/C16H21NSi/c1-5-13-11-15(14-9-7-6-8-10-14)17-12-16(13)18(2,3)4/h6-12H,5H2,1-4H3. The Hall–Kier alpha value is -1.41. The van der Waals surface area contributed by atoms with E-state index in [2.05, 4.69) is 68.1 Å². The minimum absolute atomic E-state index is 1.09. The van der Waals surface area contributed by atoms with Crippen molar-refractivity contribution in [1.82, 2.24) is 4.98 Å². The van der Waals surface area contributed by atoms with Crippen molar-refractivity contribution in [1.29, 1.82) is 0 Å². The Morgan fingerprint density at radius 3 is 2.28 bits per heavy atom. The lowest BCUT2D eigenvalue weighted by atomic mass is 10.1. The summed E-state index contributed by atoms with van der Waals surface area (Å²) in [5.74, 6) is 0. The van der Waals surface area contributed by atoms with Crippen LogP contribution in [0, 0.1) is 0 Å². The molecular weight excluding hydrogens is 234 g/mol. The summed E-state index contributed by atoms with van der Waals surface area (Å²) in [5, 5.41) is 1.49. The SMILES string of the molecule is CCc1cc(-c2ccccc2)ncc1[Si](C)(C)C. The summed E-state index contributed by atoms with van der Waals surface area (Å²) in [7, 11) is -1.29. The molecule has 0 fully saturated rings. The van der Waals surface area contributed by atoms with Crippen molar-refractivity contribution in [2.75, 3.05) is 0 Å². The molecule has 1 heterocycles. The molecule has 1 aromatic heterocycles. The molecule has 0 saturated heterocycles. The molecule has 18 heavy (non-hydrogen) atoms. The largest absolute Gasteiger partial charge is 0.256 e. The number of nitrogens with zero attached hydrogens (tertiary/aromatic N) is 1. The number of hydrogen-bond acceptors (Lipinski definition) is 1. The van der Waals surface area contributed by atoms with Crippen molar-refractivity contribution in [3.05, 3.63) is 48.2 Å². The lowest BCUT2D eigenvalue weighted by Crippen LogP contribution is -2.40. The Morgan fingerprint density at radius 1 is 1.06 bits per heavy atom. The van der Waals surface area contributed by atoms with Crippen molar-refractivity contribution in [3.63, 3.8) is 0 Å². The topological polar surface area (TPSA) is 12.9 Å². The molecule has 0 spiro atoms. The Morgan fingerprint density at radius 2 is 1.72 bits per heavy atom. The van der Waals surface area contributed by atoms with E-state index in [0.717, 1.165) is 12.1 Å². The Kier molecular flexibility index (Phi) is 3.67. The highest BCUT2D eigenvalue weighted by molar-refractivity contribution is 6.89. The lowest BCUT2D eigenvalue weighted by Gasteiger charge is -2.20. The van der Waals surface area contributed by atoms with Crippen LogP contribution in [-0.2, 0) is 6.42 Å². The van der Waals surface area contributed by atoms with E-state index < -0.39 is 8.07 Å². The van der Waals surface area contributed by atoms with Gasteiger partial charge in [-0.05, 0) is 23.2 Å². The zero-order chi connectivity index (χ0) is 13.2. The molecule has 2 aromatic rings.